The summed E-state index contributed by atoms with van der Waals surface area (Å²) in [6.45, 7) is 2.29. The molecule has 1 rings (SSSR count). The molecule has 1 aliphatic rings. The van der Waals surface area contributed by atoms with Crippen LogP contribution in [0.5, 0.6) is 0 Å². The normalized spacial score (nSPS) is 17.6. The molecule has 0 radical (unpaired) electrons. The standard InChI is InChI=1S/C15H28S.Na.H/c1-2-3-4-5-6-7-8-9-10-11-12-15-13-14-16-15;;/h13-15H,2-12H2,1H3;;. The number of hydrogen-bond acceptors (Lipinski definition) is 1. The molecule has 0 spiro atoms. The Morgan fingerprint density at radius 3 is 1.71 bits per heavy atom. The van der Waals surface area contributed by atoms with Gasteiger partial charge in [-0.3, -0.25) is 0 Å². The molecule has 1 heterocycles. The van der Waals surface area contributed by atoms with Crippen LogP contribution in [0.4, 0.5) is 0 Å². The summed E-state index contributed by atoms with van der Waals surface area (Å²) in [6, 6.07) is 0. The maximum absolute atomic E-state index is 2.35. The molecule has 0 aliphatic carbocycles. The van der Waals surface area contributed by atoms with Gasteiger partial charge in [-0.05, 0) is 11.8 Å². The molecule has 96 valence electrons. The Bertz CT molecular complexity index is 180. The van der Waals surface area contributed by atoms with E-state index in [4.69, 9.17) is 0 Å². The second-order valence-electron chi connectivity index (χ2n) is 4.97. The molecule has 1 aliphatic heterocycles. The average molecular weight is 264 g/mol. The van der Waals surface area contributed by atoms with Gasteiger partial charge in [-0.25, -0.2) is 0 Å². The predicted molar refractivity (Wildman–Crippen MR) is 84.1 cm³/mol. The average Bonchev–Trinajstić information content (AvgIpc) is 2.23. The Kier molecular flexibility index (Phi) is 14.4. The van der Waals surface area contributed by atoms with Crippen molar-refractivity contribution in [3.8, 4) is 0 Å². The van der Waals surface area contributed by atoms with Crippen LogP contribution >= 0.6 is 11.8 Å². The Morgan fingerprint density at radius 2 is 1.29 bits per heavy atom. The van der Waals surface area contributed by atoms with Crippen molar-refractivity contribution in [2.24, 2.45) is 0 Å². The van der Waals surface area contributed by atoms with Gasteiger partial charge in [0.15, 0.2) is 0 Å². The van der Waals surface area contributed by atoms with Crippen molar-refractivity contribution in [1.29, 1.82) is 0 Å². The summed E-state index contributed by atoms with van der Waals surface area (Å²) in [7, 11) is 0. The van der Waals surface area contributed by atoms with Crippen molar-refractivity contribution in [3.05, 3.63) is 11.5 Å². The first-order valence-corrected chi connectivity index (χ1v) is 8.20. The molecule has 0 N–H and O–H groups in total. The fourth-order valence-electron chi connectivity index (χ4n) is 2.19. The van der Waals surface area contributed by atoms with Crippen LogP contribution in [0.25, 0.3) is 0 Å². The van der Waals surface area contributed by atoms with Gasteiger partial charge in [-0.1, -0.05) is 77.2 Å². The quantitative estimate of drug-likeness (QED) is 0.361. The van der Waals surface area contributed by atoms with E-state index in [1.165, 1.54) is 70.6 Å². The summed E-state index contributed by atoms with van der Waals surface area (Å²) >= 11 is 2.00. The van der Waals surface area contributed by atoms with Gasteiger partial charge in [0.05, 0.1) is 0 Å². The molecule has 0 aromatic rings. The monoisotopic (exact) mass is 264 g/mol. The molecule has 0 aromatic heterocycles. The van der Waals surface area contributed by atoms with E-state index in [9.17, 15) is 0 Å². The summed E-state index contributed by atoms with van der Waals surface area (Å²) in [4.78, 5) is 0. The molecule has 0 aromatic carbocycles. The summed E-state index contributed by atoms with van der Waals surface area (Å²) in [5, 5.41) is 3.09. The SMILES string of the molecule is CCCCCCCCCCCCC1C=CS1.[NaH]. The van der Waals surface area contributed by atoms with Gasteiger partial charge in [0.1, 0.15) is 0 Å². The van der Waals surface area contributed by atoms with Crippen LogP contribution in [0.2, 0.25) is 0 Å². The van der Waals surface area contributed by atoms with E-state index in [1.54, 1.807) is 0 Å². The van der Waals surface area contributed by atoms with E-state index < -0.39 is 0 Å². The van der Waals surface area contributed by atoms with Gasteiger partial charge >= 0.3 is 29.6 Å². The fourth-order valence-corrected chi connectivity index (χ4v) is 2.87. The molecular weight excluding hydrogens is 235 g/mol. The molecule has 0 bridgehead atoms. The topological polar surface area (TPSA) is 0 Å². The van der Waals surface area contributed by atoms with Gasteiger partial charge in [-0.2, -0.15) is 0 Å². The number of thioether (sulfide) groups is 1. The van der Waals surface area contributed by atoms with Gasteiger partial charge in [0, 0.05) is 5.25 Å². The van der Waals surface area contributed by atoms with Crippen LogP contribution in [-0.4, -0.2) is 34.8 Å². The zero-order valence-corrected chi connectivity index (χ0v) is 11.7. The minimum atomic E-state index is 0. The van der Waals surface area contributed by atoms with Gasteiger partial charge in [0.2, 0.25) is 0 Å². The maximum atomic E-state index is 2.35. The summed E-state index contributed by atoms with van der Waals surface area (Å²) in [5.74, 6) is 0. The molecule has 0 saturated carbocycles. The van der Waals surface area contributed by atoms with Crippen LogP contribution in [0.3, 0.4) is 0 Å². The summed E-state index contributed by atoms with van der Waals surface area (Å²) in [6.07, 6.45) is 18.3. The van der Waals surface area contributed by atoms with Crippen molar-refractivity contribution < 1.29 is 0 Å². The molecule has 0 nitrogen and oxygen atoms in total. The van der Waals surface area contributed by atoms with Crippen LogP contribution in [0.1, 0.15) is 77.6 Å². The van der Waals surface area contributed by atoms with Crippen LogP contribution in [0.15, 0.2) is 11.5 Å². The van der Waals surface area contributed by atoms with E-state index in [1.807, 2.05) is 11.8 Å². The summed E-state index contributed by atoms with van der Waals surface area (Å²) < 4.78 is 0. The Balaban J connectivity index is 0.00000256. The number of hydrogen-bond donors (Lipinski definition) is 0. The molecule has 0 saturated heterocycles. The van der Waals surface area contributed by atoms with E-state index in [2.05, 4.69) is 18.4 Å². The first-order valence-electron chi connectivity index (χ1n) is 7.25. The van der Waals surface area contributed by atoms with E-state index in [-0.39, 0.29) is 29.6 Å². The molecular formula is C15H29NaS. The van der Waals surface area contributed by atoms with Crippen molar-refractivity contribution in [2.45, 2.75) is 82.8 Å². The minimum absolute atomic E-state index is 0. The van der Waals surface area contributed by atoms with Crippen molar-refractivity contribution in [2.75, 3.05) is 0 Å². The molecule has 0 fully saturated rings. The molecule has 17 heavy (non-hydrogen) atoms. The molecule has 1 unspecified atom stereocenters. The third kappa shape index (κ3) is 10.7. The van der Waals surface area contributed by atoms with Gasteiger partial charge < -0.3 is 0 Å². The third-order valence-electron chi connectivity index (χ3n) is 3.39. The number of rotatable bonds is 11. The second-order valence-corrected chi connectivity index (χ2v) is 6.12. The van der Waals surface area contributed by atoms with E-state index in [0.717, 1.165) is 5.25 Å². The van der Waals surface area contributed by atoms with E-state index >= 15 is 0 Å². The van der Waals surface area contributed by atoms with Gasteiger partial charge in [0.25, 0.3) is 0 Å². The summed E-state index contributed by atoms with van der Waals surface area (Å²) in [5.41, 5.74) is 0. The van der Waals surface area contributed by atoms with Gasteiger partial charge in [-0.15, -0.1) is 11.8 Å². The second kappa shape index (κ2) is 13.5. The number of unbranched alkanes of at least 4 members (excludes halogenated alkanes) is 9. The zero-order chi connectivity index (χ0) is 11.5. The van der Waals surface area contributed by atoms with Crippen molar-refractivity contribution in [3.63, 3.8) is 0 Å². The van der Waals surface area contributed by atoms with Crippen molar-refractivity contribution in [1.82, 2.24) is 0 Å². The third-order valence-corrected chi connectivity index (χ3v) is 4.45. The Labute approximate surface area is 135 Å². The van der Waals surface area contributed by atoms with Crippen molar-refractivity contribution >= 4 is 41.3 Å². The molecule has 1 atom stereocenters. The molecule has 2 heteroatoms. The zero-order valence-electron chi connectivity index (χ0n) is 10.9. The Morgan fingerprint density at radius 1 is 0.824 bits per heavy atom. The first kappa shape index (κ1) is 18.1. The molecule has 0 amide bonds. The first-order chi connectivity index (χ1) is 7.93. The fraction of sp³-hybridized carbons (Fsp3) is 0.867. The van der Waals surface area contributed by atoms with Crippen LogP contribution in [0, 0.1) is 0 Å². The van der Waals surface area contributed by atoms with Crippen LogP contribution in [-0.2, 0) is 0 Å². The van der Waals surface area contributed by atoms with E-state index in [0.29, 0.717) is 0 Å². The van der Waals surface area contributed by atoms with Crippen LogP contribution < -0.4 is 0 Å². The predicted octanol–water partition coefficient (Wildman–Crippen LogP) is 5.28. The Hall–Kier alpha value is 1.09.